The van der Waals surface area contributed by atoms with Crippen LogP contribution in [0.1, 0.15) is 17.3 Å². The van der Waals surface area contributed by atoms with Crippen molar-refractivity contribution in [3.8, 4) is 5.75 Å². The van der Waals surface area contributed by atoms with E-state index in [9.17, 15) is 14.3 Å². The minimum Gasteiger partial charge on any atom is -0.507 e. The maximum absolute atomic E-state index is 12.9. The molecule has 5 heteroatoms. The molecule has 0 fully saturated rings. The van der Waals surface area contributed by atoms with E-state index in [1.54, 1.807) is 6.92 Å². The van der Waals surface area contributed by atoms with Gasteiger partial charge in [-0.1, -0.05) is 0 Å². The van der Waals surface area contributed by atoms with Crippen molar-refractivity contribution in [2.45, 2.75) is 6.92 Å². The summed E-state index contributed by atoms with van der Waals surface area (Å²) in [6.07, 6.45) is 0. The van der Waals surface area contributed by atoms with Crippen LogP contribution >= 0.6 is 0 Å². The topological polar surface area (TPSA) is 75.4 Å². The number of nitrogens with two attached hydrogens (primary N) is 1. The number of aromatic hydroxyl groups is 1. The van der Waals surface area contributed by atoms with Gasteiger partial charge in [-0.25, -0.2) is 4.39 Å². The molecule has 1 rings (SSSR count). The molecule has 0 saturated carbocycles. The van der Waals surface area contributed by atoms with Crippen molar-refractivity contribution in [2.24, 2.45) is 0 Å². The van der Waals surface area contributed by atoms with Gasteiger partial charge < -0.3 is 16.2 Å². The molecule has 0 aliphatic rings. The summed E-state index contributed by atoms with van der Waals surface area (Å²) in [5, 5.41) is 11.7. The molecule has 0 aromatic heterocycles. The lowest BCUT2D eigenvalue weighted by molar-refractivity contribution is 0.0953. The number of carbonyl (C=O) groups is 1. The number of anilines is 1. The van der Waals surface area contributed by atoms with Gasteiger partial charge in [0.25, 0.3) is 5.91 Å². The maximum Gasteiger partial charge on any atom is 0.255 e. The number of nitrogen functional groups attached to an aromatic ring is 1. The van der Waals surface area contributed by atoms with Crippen molar-refractivity contribution in [2.75, 3.05) is 12.3 Å². The summed E-state index contributed by atoms with van der Waals surface area (Å²) in [6.45, 7) is 2.13. The highest BCUT2D eigenvalue weighted by Crippen LogP contribution is 2.22. The van der Waals surface area contributed by atoms with Crippen molar-refractivity contribution >= 4 is 11.6 Å². The number of hydrogen-bond acceptors (Lipinski definition) is 3. The second kappa shape index (κ2) is 3.95. The summed E-state index contributed by atoms with van der Waals surface area (Å²) in [4.78, 5) is 11.3. The number of nitrogens with one attached hydrogen (secondary N) is 1. The predicted octanol–water partition coefficient (Wildman–Crippen LogP) is 0.863. The monoisotopic (exact) mass is 198 g/mol. The van der Waals surface area contributed by atoms with E-state index in [4.69, 9.17) is 5.73 Å². The minimum absolute atomic E-state index is 0.112. The van der Waals surface area contributed by atoms with Crippen LogP contribution in [0.5, 0.6) is 5.75 Å². The average molecular weight is 198 g/mol. The van der Waals surface area contributed by atoms with Gasteiger partial charge in [-0.05, 0) is 13.0 Å². The predicted molar refractivity (Wildman–Crippen MR) is 50.5 cm³/mol. The molecule has 0 bridgehead atoms. The van der Waals surface area contributed by atoms with Gasteiger partial charge in [0.15, 0.2) is 0 Å². The molecular formula is C9H11FN2O2. The van der Waals surface area contributed by atoms with Crippen molar-refractivity contribution in [1.29, 1.82) is 0 Å². The van der Waals surface area contributed by atoms with E-state index in [0.29, 0.717) is 6.54 Å². The Labute approximate surface area is 80.5 Å². The van der Waals surface area contributed by atoms with Gasteiger partial charge in [-0.2, -0.15) is 0 Å². The summed E-state index contributed by atoms with van der Waals surface area (Å²) < 4.78 is 12.9. The molecule has 1 aromatic rings. The number of rotatable bonds is 2. The third-order valence-electron chi connectivity index (χ3n) is 1.70. The van der Waals surface area contributed by atoms with Crippen LogP contribution in [0.4, 0.5) is 10.1 Å². The van der Waals surface area contributed by atoms with E-state index in [1.807, 2.05) is 0 Å². The number of amides is 1. The zero-order valence-electron chi connectivity index (χ0n) is 7.67. The Morgan fingerprint density at radius 2 is 2.29 bits per heavy atom. The van der Waals surface area contributed by atoms with Gasteiger partial charge in [0.05, 0.1) is 11.3 Å². The third-order valence-corrected chi connectivity index (χ3v) is 1.70. The molecule has 0 radical (unpaired) electrons. The first-order valence-electron chi connectivity index (χ1n) is 4.12. The molecule has 1 amide bonds. The van der Waals surface area contributed by atoms with Crippen LogP contribution in [0, 0.1) is 5.82 Å². The number of hydrogen-bond donors (Lipinski definition) is 3. The molecule has 1 aromatic carbocycles. The van der Waals surface area contributed by atoms with Gasteiger partial charge in [-0.15, -0.1) is 0 Å². The summed E-state index contributed by atoms with van der Waals surface area (Å²) in [7, 11) is 0. The van der Waals surface area contributed by atoms with Crippen molar-refractivity contribution in [3.05, 3.63) is 23.5 Å². The van der Waals surface area contributed by atoms with Crippen LogP contribution in [0.15, 0.2) is 12.1 Å². The Bertz CT molecular complexity index is 366. The highest BCUT2D eigenvalue weighted by Gasteiger charge is 2.13. The largest absolute Gasteiger partial charge is 0.507 e. The molecule has 0 saturated heterocycles. The Balaban J connectivity index is 3.09. The Morgan fingerprint density at radius 3 is 2.86 bits per heavy atom. The molecule has 0 aliphatic carbocycles. The zero-order chi connectivity index (χ0) is 10.7. The normalized spacial score (nSPS) is 9.86. The molecular weight excluding hydrogens is 187 g/mol. The number of phenolic OH excluding ortho intramolecular Hbond substituents is 1. The second-order valence-corrected chi connectivity index (χ2v) is 2.75. The van der Waals surface area contributed by atoms with Crippen LogP contribution in [-0.2, 0) is 0 Å². The molecule has 4 nitrogen and oxygen atoms in total. The number of halogens is 1. The van der Waals surface area contributed by atoms with E-state index < -0.39 is 11.7 Å². The number of carbonyl (C=O) groups excluding carboxylic acids is 1. The summed E-state index contributed by atoms with van der Waals surface area (Å²) >= 11 is 0. The summed E-state index contributed by atoms with van der Waals surface area (Å²) in [5.74, 6) is -1.57. The fourth-order valence-electron chi connectivity index (χ4n) is 1.02. The molecule has 76 valence electrons. The average Bonchev–Trinajstić information content (AvgIpc) is 2.11. The zero-order valence-corrected chi connectivity index (χ0v) is 7.67. The van der Waals surface area contributed by atoms with Gasteiger partial charge in [0.1, 0.15) is 11.6 Å². The van der Waals surface area contributed by atoms with Crippen molar-refractivity contribution in [1.82, 2.24) is 5.32 Å². The third kappa shape index (κ3) is 1.93. The Morgan fingerprint density at radius 1 is 1.64 bits per heavy atom. The van der Waals surface area contributed by atoms with E-state index in [1.165, 1.54) is 0 Å². The summed E-state index contributed by atoms with van der Waals surface area (Å²) in [6, 6.07) is 1.93. The van der Waals surface area contributed by atoms with Crippen LogP contribution in [0.25, 0.3) is 0 Å². The van der Waals surface area contributed by atoms with E-state index in [2.05, 4.69) is 5.32 Å². The van der Waals surface area contributed by atoms with E-state index >= 15 is 0 Å². The Hall–Kier alpha value is -1.78. The van der Waals surface area contributed by atoms with Gasteiger partial charge in [0, 0.05) is 12.6 Å². The molecule has 4 N–H and O–H groups in total. The first kappa shape index (κ1) is 10.3. The van der Waals surface area contributed by atoms with Gasteiger partial charge >= 0.3 is 0 Å². The molecule has 0 heterocycles. The SMILES string of the molecule is CCNC(=O)c1cc(F)c(N)cc1O. The molecule has 0 aliphatic heterocycles. The second-order valence-electron chi connectivity index (χ2n) is 2.75. The number of benzene rings is 1. The number of phenols is 1. The summed E-state index contributed by atoms with van der Waals surface area (Å²) in [5.41, 5.74) is 4.90. The van der Waals surface area contributed by atoms with Crippen LogP contribution < -0.4 is 11.1 Å². The van der Waals surface area contributed by atoms with Crippen LogP contribution in [0.3, 0.4) is 0 Å². The lowest BCUT2D eigenvalue weighted by Gasteiger charge is -2.06. The highest BCUT2D eigenvalue weighted by molar-refractivity contribution is 5.97. The molecule has 0 spiro atoms. The van der Waals surface area contributed by atoms with Crippen molar-refractivity contribution < 1.29 is 14.3 Å². The first-order valence-corrected chi connectivity index (χ1v) is 4.12. The fraction of sp³-hybridized carbons (Fsp3) is 0.222. The maximum atomic E-state index is 12.9. The lowest BCUT2D eigenvalue weighted by atomic mass is 10.1. The lowest BCUT2D eigenvalue weighted by Crippen LogP contribution is -2.22. The molecule has 14 heavy (non-hydrogen) atoms. The highest BCUT2D eigenvalue weighted by atomic mass is 19.1. The molecule has 0 unspecified atom stereocenters. The van der Waals surface area contributed by atoms with Gasteiger partial charge in [-0.3, -0.25) is 4.79 Å². The van der Waals surface area contributed by atoms with E-state index in [-0.39, 0.29) is 17.0 Å². The van der Waals surface area contributed by atoms with Crippen LogP contribution in [-0.4, -0.2) is 17.6 Å². The minimum atomic E-state index is -0.718. The standard InChI is InChI=1S/C9H11FN2O2/c1-2-12-9(14)5-3-6(10)7(11)4-8(5)13/h3-4,13H,2,11H2,1H3,(H,12,14). The first-order chi connectivity index (χ1) is 6.56. The van der Waals surface area contributed by atoms with Crippen LogP contribution in [0.2, 0.25) is 0 Å². The molecule has 0 atom stereocenters. The van der Waals surface area contributed by atoms with E-state index in [0.717, 1.165) is 12.1 Å². The fourth-order valence-corrected chi connectivity index (χ4v) is 1.02. The smallest absolute Gasteiger partial charge is 0.255 e. The quantitative estimate of drug-likeness (QED) is 0.617. The van der Waals surface area contributed by atoms with Gasteiger partial charge in [0.2, 0.25) is 0 Å². The Kier molecular flexibility index (Phi) is 2.91. The van der Waals surface area contributed by atoms with Crippen molar-refractivity contribution in [3.63, 3.8) is 0 Å².